The summed E-state index contributed by atoms with van der Waals surface area (Å²) in [4.78, 5) is -0.0392. The summed E-state index contributed by atoms with van der Waals surface area (Å²) in [6.07, 6.45) is 0. The van der Waals surface area contributed by atoms with E-state index in [0.29, 0.717) is 20.3 Å². The van der Waals surface area contributed by atoms with E-state index in [1.807, 2.05) is 0 Å². The first-order chi connectivity index (χ1) is 9.36. The molecule has 0 aliphatic heterocycles. The molecule has 2 rings (SSSR count). The molecule has 20 heavy (non-hydrogen) atoms. The Kier molecular flexibility index (Phi) is 4.52. The molecule has 1 aromatic heterocycles. The summed E-state index contributed by atoms with van der Waals surface area (Å²) in [6, 6.07) is 5.21. The number of anilines is 1. The summed E-state index contributed by atoms with van der Waals surface area (Å²) in [5, 5.41) is 15.5. The third-order valence-electron chi connectivity index (χ3n) is 2.58. The molecule has 0 bridgehead atoms. The lowest BCUT2D eigenvalue weighted by Crippen LogP contribution is -2.16. The maximum atomic E-state index is 12.4. The number of hydrogen-bond donors (Lipinski definition) is 3. The first-order valence-electron chi connectivity index (χ1n) is 5.48. The van der Waals surface area contributed by atoms with Crippen LogP contribution in [0.15, 0.2) is 32.0 Å². The van der Waals surface area contributed by atoms with Crippen LogP contribution in [0.2, 0.25) is 0 Å². The van der Waals surface area contributed by atoms with Crippen LogP contribution in [-0.2, 0) is 16.6 Å². The number of H-pyrrole nitrogens is 1. The third kappa shape index (κ3) is 2.90. The Labute approximate surface area is 132 Å². The molecular formula is C11H11Br2N3O3S. The van der Waals surface area contributed by atoms with Crippen LogP contribution < -0.4 is 4.72 Å². The van der Waals surface area contributed by atoms with Gasteiger partial charge in [-0.15, -0.1) is 0 Å². The van der Waals surface area contributed by atoms with Crippen LogP contribution in [0.4, 0.5) is 5.69 Å². The van der Waals surface area contributed by atoms with E-state index in [4.69, 9.17) is 0 Å². The smallest absolute Gasteiger partial charge is 0.265 e. The van der Waals surface area contributed by atoms with Gasteiger partial charge in [-0.1, -0.05) is 6.07 Å². The molecule has 0 radical (unpaired) electrons. The van der Waals surface area contributed by atoms with E-state index < -0.39 is 16.6 Å². The molecule has 0 aliphatic carbocycles. The average molecular weight is 425 g/mol. The summed E-state index contributed by atoms with van der Waals surface area (Å²) >= 11 is 6.57. The van der Waals surface area contributed by atoms with Crippen molar-refractivity contribution in [3.63, 3.8) is 0 Å². The monoisotopic (exact) mass is 423 g/mol. The average Bonchev–Trinajstić information content (AvgIpc) is 2.76. The number of hydrogen-bond acceptors (Lipinski definition) is 4. The zero-order chi connectivity index (χ0) is 14.9. The van der Waals surface area contributed by atoms with E-state index in [-0.39, 0.29) is 10.6 Å². The summed E-state index contributed by atoms with van der Waals surface area (Å²) in [5.41, 5.74) is 0.833. The minimum atomic E-state index is -3.85. The number of aromatic amines is 1. The molecule has 0 aliphatic rings. The van der Waals surface area contributed by atoms with Crippen molar-refractivity contribution >= 4 is 47.6 Å². The molecule has 3 N–H and O–H groups in total. The lowest BCUT2D eigenvalue weighted by atomic mass is 10.3. The van der Waals surface area contributed by atoms with E-state index in [0.717, 1.165) is 0 Å². The second-order valence-electron chi connectivity index (χ2n) is 3.98. The fraction of sp³-hybridized carbons (Fsp3) is 0.182. The Morgan fingerprint density at radius 2 is 1.95 bits per heavy atom. The molecular weight excluding hydrogens is 414 g/mol. The highest BCUT2D eigenvalue weighted by Crippen LogP contribution is 2.33. The molecule has 108 valence electrons. The molecule has 0 amide bonds. The molecule has 0 fully saturated rings. The number of aliphatic hydroxyl groups excluding tert-OH is 1. The van der Waals surface area contributed by atoms with Gasteiger partial charge in [-0.2, -0.15) is 5.10 Å². The van der Waals surface area contributed by atoms with Crippen LogP contribution in [0.25, 0.3) is 0 Å². The number of aryl methyl sites for hydroxylation is 1. The fourth-order valence-corrected chi connectivity index (χ4v) is 4.63. The van der Waals surface area contributed by atoms with Gasteiger partial charge in [0, 0.05) is 8.95 Å². The van der Waals surface area contributed by atoms with Gasteiger partial charge in [0.15, 0.2) is 0 Å². The number of nitrogens with zero attached hydrogens (tertiary/aromatic N) is 1. The number of benzene rings is 1. The van der Waals surface area contributed by atoms with Crippen molar-refractivity contribution in [1.29, 1.82) is 0 Å². The summed E-state index contributed by atoms with van der Waals surface area (Å²) in [5.74, 6) is 0. The minimum Gasteiger partial charge on any atom is -0.390 e. The minimum absolute atomic E-state index is 0.0392. The highest BCUT2D eigenvalue weighted by atomic mass is 79.9. The van der Waals surface area contributed by atoms with Crippen molar-refractivity contribution in [3.8, 4) is 0 Å². The quantitative estimate of drug-likeness (QED) is 0.702. The molecule has 0 saturated carbocycles. The van der Waals surface area contributed by atoms with Gasteiger partial charge in [-0.25, -0.2) is 8.42 Å². The number of nitrogens with one attached hydrogen (secondary N) is 2. The first-order valence-corrected chi connectivity index (χ1v) is 8.55. The van der Waals surface area contributed by atoms with Crippen LogP contribution in [0.5, 0.6) is 0 Å². The van der Waals surface area contributed by atoms with Crippen molar-refractivity contribution in [2.75, 3.05) is 4.72 Å². The normalized spacial score (nSPS) is 11.6. The molecule has 1 aromatic carbocycles. The Balaban J connectivity index is 2.49. The van der Waals surface area contributed by atoms with Gasteiger partial charge < -0.3 is 5.11 Å². The van der Waals surface area contributed by atoms with Gasteiger partial charge in [0.05, 0.1) is 18.0 Å². The maximum absolute atomic E-state index is 12.4. The van der Waals surface area contributed by atoms with Crippen molar-refractivity contribution < 1.29 is 13.5 Å². The first kappa shape index (κ1) is 15.5. The Hall–Kier alpha value is -0.900. The molecule has 0 atom stereocenters. The predicted molar refractivity (Wildman–Crippen MR) is 81.9 cm³/mol. The van der Waals surface area contributed by atoms with Crippen molar-refractivity contribution in [2.45, 2.75) is 18.4 Å². The van der Waals surface area contributed by atoms with Crippen molar-refractivity contribution in [2.24, 2.45) is 0 Å². The van der Waals surface area contributed by atoms with E-state index in [1.165, 1.54) is 0 Å². The Bertz CT molecular complexity index is 723. The number of rotatable bonds is 4. The Morgan fingerprint density at radius 3 is 2.50 bits per heavy atom. The largest absolute Gasteiger partial charge is 0.390 e. The van der Waals surface area contributed by atoms with Crippen LogP contribution in [0.3, 0.4) is 0 Å². The topological polar surface area (TPSA) is 95.1 Å². The number of sulfonamides is 1. The van der Waals surface area contributed by atoms with E-state index in [9.17, 15) is 13.5 Å². The Morgan fingerprint density at radius 1 is 1.35 bits per heavy atom. The van der Waals surface area contributed by atoms with Crippen LogP contribution in [0.1, 0.15) is 11.4 Å². The summed E-state index contributed by atoms with van der Waals surface area (Å²) in [7, 11) is -3.85. The molecule has 9 heteroatoms. The second kappa shape index (κ2) is 5.84. The van der Waals surface area contributed by atoms with E-state index in [1.54, 1.807) is 25.1 Å². The zero-order valence-electron chi connectivity index (χ0n) is 10.3. The van der Waals surface area contributed by atoms with E-state index in [2.05, 4.69) is 46.8 Å². The molecule has 0 saturated heterocycles. The van der Waals surface area contributed by atoms with Gasteiger partial charge in [-0.3, -0.25) is 9.82 Å². The van der Waals surface area contributed by atoms with Gasteiger partial charge in [0.1, 0.15) is 10.6 Å². The lowest BCUT2D eigenvalue weighted by Gasteiger charge is -2.11. The molecule has 0 unspecified atom stereocenters. The van der Waals surface area contributed by atoms with E-state index >= 15 is 0 Å². The second-order valence-corrected chi connectivity index (χ2v) is 7.31. The molecule has 1 heterocycles. The van der Waals surface area contributed by atoms with Crippen molar-refractivity contribution in [1.82, 2.24) is 10.2 Å². The molecule has 0 spiro atoms. The standard InChI is InChI=1S/C11H11Br2N3O3S/c1-6-11(9(5-17)15-14-6)20(18,19)16-10-7(12)3-2-4-8(10)13/h2-4,16-17H,5H2,1H3,(H,14,15). The third-order valence-corrected chi connectivity index (χ3v) is 5.45. The van der Waals surface area contributed by atoms with Crippen molar-refractivity contribution in [3.05, 3.63) is 38.5 Å². The van der Waals surface area contributed by atoms with Crippen LogP contribution in [-0.4, -0.2) is 23.7 Å². The SMILES string of the molecule is Cc1[nH]nc(CO)c1S(=O)(=O)Nc1c(Br)cccc1Br. The highest BCUT2D eigenvalue weighted by molar-refractivity contribution is 9.11. The number of halogens is 2. The summed E-state index contributed by atoms with van der Waals surface area (Å²) < 4.78 is 28.6. The van der Waals surface area contributed by atoms with Crippen LogP contribution >= 0.6 is 31.9 Å². The molecule has 2 aromatic rings. The number of para-hydroxylation sites is 1. The van der Waals surface area contributed by atoms with Gasteiger partial charge in [-0.05, 0) is 50.9 Å². The van der Waals surface area contributed by atoms with Gasteiger partial charge in [0.25, 0.3) is 10.0 Å². The lowest BCUT2D eigenvalue weighted by molar-refractivity contribution is 0.273. The predicted octanol–water partition coefficient (Wildman–Crippen LogP) is 2.54. The van der Waals surface area contributed by atoms with Gasteiger partial charge >= 0.3 is 0 Å². The zero-order valence-corrected chi connectivity index (χ0v) is 14.3. The highest BCUT2D eigenvalue weighted by Gasteiger charge is 2.25. The fourth-order valence-electron chi connectivity index (χ4n) is 1.71. The summed E-state index contributed by atoms with van der Waals surface area (Å²) in [6.45, 7) is 1.12. The van der Waals surface area contributed by atoms with Gasteiger partial charge in [0.2, 0.25) is 0 Å². The number of aliphatic hydroxyl groups is 1. The maximum Gasteiger partial charge on any atom is 0.265 e. The van der Waals surface area contributed by atoms with Crippen LogP contribution in [0, 0.1) is 6.92 Å². The number of aromatic nitrogens is 2. The molecule has 6 nitrogen and oxygen atoms in total.